The van der Waals surface area contributed by atoms with Crippen molar-refractivity contribution in [2.24, 2.45) is 0 Å². The van der Waals surface area contributed by atoms with Crippen LogP contribution in [0.2, 0.25) is 0 Å². The number of hydrogen-bond donors (Lipinski definition) is 1. The maximum atomic E-state index is 10.5. The molecule has 1 rings (SSSR count). The van der Waals surface area contributed by atoms with Crippen LogP contribution in [0, 0.1) is 17.0 Å². The molecule has 0 heterocycles. The van der Waals surface area contributed by atoms with Gasteiger partial charge in [-0.1, -0.05) is 15.9 Å². The Morgan fingerprint density at radius 3 is 2.58 bits per heavy atom. The molecular formula is C7H7BrN2O2. The second-order valence-corrected chi connectivity index (χ2v) is 3.33. The van der Waals surface area contributed by atoms with Crippen LogP contribution in [0.5, 0.6) is 0 Å². The van der Waals surface area contributed by atoms with Crippen molar-refractivity contribution in [3.8, 4) is 0 Å². The summed E-state index contributed by atoms with van der Waals surface area (Å²) < 4.78 is 0.753. The van der Waals surface area contributed by atoms with Gasteiger partial charge in [0.25, 0.3) is 5.69 Å². The number of aryl methyl sites for hydroxylation is 1. The lowest BCUT2D eigenvalue weighted by Gasteiger charge is -2.00. The van der Waals surface area contributed by atoms with Crippen molar-refractivity contribution >= 4 is 27.3 Å². The summed E-state index contributed by atoms with van der Waals surface area (Å²) in [5, 5.41) is 10.5. The van der Waals surface area contributed by atoms with Crippen molar-refractivity contribution in [2.75, 3.05) is 5.73 Å². The summed E-state index contributed by atoms with van der Waals surface area (Å²) in [6.45, 7) is 1.65. The lowest BCUT2D eigenvalue weighted by Crippen LogP contribution is -1.97. The summed E-state index contributed by atoms with van der Waals surface area (Å²) in [6, 6.07) is 3.18. The van der Waals surface area contributed by atoms with Gasteiger partial charge in [0.1, 0.15) is 5.69 Å². The van der Waals surface area contributed by atoms with E-state index in [1.165, 1.54) is 6.07 Å². The second-order valence-electron chi connectivity index (χ2n) is 2.42. The lowest BCUT2D eigenvalue weighted by molar-refractivity contribution is -0.384. The van der Waals surface area contributed by atoms with E-state index < -0.39 is 4.92 Å². The molecule has 0 saturated heterocycles. The van der Waals surface area contributed by atoms with Crippen LogP contribution in [0.1, 0.15) is 5.56 Å². The van der Waals surface area contributed by atoms with Gasteiger partial charge in [-0.15, -0.1) is 0 Å². The van der Waals surface area contributed by atoms with Gasteiger partial charge in [-0.25, -0.2) is 0 Å². The molecule has 0 aliphatic carbocycles. The first kappa shape index (κ1) is 8.99. The van der Waals surface area contributed by atoms with Crippen molar-refractivity contribution < 1.29 is 4.92 Å². The standard InChI is InChI=1S/C7H7BrN2O2/c1-4-2-5(8)3-6(9)7(4)10(11)12/h2-3H,9H2,1H3. The molecule has 0 fully saturated rings. The van der Waals surface area contributed by atoms with E-state index in [4.69, 9.17) is 5.73 Å². The van der Waals surface area contributed by atoms with Crippen molar-refractivity contribution in [3.05, 3.63) is 32.3 Å². The molecule has 2 N–H and O–H groups in total. The predicted molar refractivity (Wildman–Crippen MR) is 49.9 cm³/mol. The molecule has 64 valence electrons. The van der Waals surface area contributed by atoms with E-state index in [9.17, 15) is 10.1 Å². The van der Waals surface area contributed by atoms with Crippen molar-refractivity contribution in [1.29, 1.82) is 0 Å². The summed E-state index contributed by atoms with van der Waals surface area (Å²) in [4.78, 5) is 9.99. The molecule has 1 aromatic carbocycles. The van der Waals surface area contributed by atoms with Crippen molar-refractivity contribution in [3.63, 3.8) is 0 Å². The minimum absolute atomic E-state index is 0.0156. The monoisotopic (exact) mass is 230 g/mol. The second kappa shape index (κ2) is 3.10. The average molecular weight is 231 g/mol. The van der Waals surface area contributed by atoms with E-state index in [-0.39, 0.29) is 11.4 Å². The highest BCUT2D eigenvalue weighted by molar-refractivity contribution is 9.10. The van der Waals surface area contributed by atoms with Crippen LogP contribution in [-0.2, 0) is 0 Å². The Hall–Kier alpha value is -1.10. The number of halogens is 1. The van der Waals surface area contributed by atoms with Gasteiger partial charge in [0.05, 0.1) is 4.92 Å². The largest absolute Gasteiger partial charge is 0.393 e. The Morgan fingerprint density at radius 1 is 1.58 bits per heavy atom. The quantitative estimate of drug-likeness (QED) is 0.457. The van der Waals surface area contributed by atoms with E-state index in [0.29, 0.717) is 5.56 Å². The van der Waals surface area contributed by atoms with E-state index in [1.54, 1.807) is 13.0 Å². The van der Waals surface area contributed by atoms with E-state index in [1.807, 2.05) is 0 Å². The zero-order valence-corrected chi connectivity index (χ0v) is 7.96. The molecule has 0 atom stereocenters. The molecule has 1 aromatic rings. The topological polar surface area (TPSA) is 69.2 Å². The maximum absolute atomic E-state index is 10.5. The average Bonchev–Trinajstić information content (AvgIpc) is 1.82. The fourth-order valence-electron chi connectivity index (χ4n) is 1.01. The molecule has 4 nitrogen and oxygen atoms in total. The maximum Gasteiger partial charge on any atom is 0.295 e. The van der Waals surface area contributed by atoms with Gasteiger partial charge in [-0.3, -0.25) is 10.1 Å². The fourth-order valence-corrected chi connectivity index (χ4v) is 1.60. The lowest BCUT2D eigenvalue weighted by atomic mass is 10.2. The summed E-state index contributed by atoms with van der Waals surface area (Å²) in [5.41, 5.74) is 6.18. The Balaban J connectivity index is 3.38. The zero-order valence-electron chi connectivity index (χ0n) is 6.37. The molecule has 0 saturated carbocycles. The van der Waals surface area contributed by atoms with Gasteiger partial charge in [-0.05, 0) is 19.1 Å². The predicted octanol–water partition coefficient (Wildman–Crippen LogP) is 2.25. The van der Waals surface area contributed by atoms with Gasteiger partial charge >= 0.3 is 0 Å². The molecule has 0 amide bonds. The third-order valence-corrected chi connectivity index (χ3v) is 1.94. The number of nitrogens with two attached hydrogens (primary N) is 1. The first-order chi connectivity index (χ1) is 5.52. The van der Waals surface area contributed by atoms with Gasteiger partial charge in [0.2, 0.25) is 0 Å². The Kier molecular flexibility index (Phi) is 2.32. The zero-order chi connectivity index (χ0) is 9.30. The number of anilines is 1. The molecule has 0 aliphatic heterocycles. The number of nitrogen functional groups attached to an aromatic ring is 1. The third-order valence-electron chi connectivity index (χ3n) is 1.48. The molecule has 5 heteroatoms. The van der Waals surface area contributed by atoms with Crippen LogP contribution in [0.3, 0.4) is 0 Å². The highest BCUT2D eigenvalue weighted by atomic mass is 79.9. The smallest absolute Gasteiger partial charge is 0.295 e. The van der Waals surface area contributed by atoms with Crippen molar-refractivity contribution in [2.45, 2.75) is 6.92 Å². The SMILES string of the molecule is Cc1cc(Br)cc(N)c1[N+](=O)[O-]. The number of hydrogen-bond acceptors (Lipinski definition) is 3. The van der Waals surface area contributed by atoms with Gasteiger partial charge in [-0.2, -0.15) is 0 Å². The molecule has 0 spiro atoms. The Morgan fingerprint density at radius 2 is 2.17 bits per heavy atom. The van der Waals surface area contributed by atoms with Crippen LogP contribution in [0.4, 0.5) is 11.4 Å². The summed E-state index contributed by atoms with van der Waals surface area (Å²) in [6.07, 6.45) is 0. The molecule has 0 bridgehead atoms. The van der Waals surface area contributed by atoms with Crippen LogP contribution >= 0.6 is 15.9 Å². The number of nitro benzene ring substituents is 1. The van der Waals surface area contributed by atoms with Gasteiger partial charge < -0.3 is 5.73 Å². The molecular weight excluding hydrogens is 224 g/mol. The minimum Gasteiger partial charge on any atom is -0.393 e. The number of benzene rings is 1. The number of rotatable bonds is 1. The molecule has 0 aromatic heterocycles. The van der Waals surface area contributed by atoms with Gasteiger partial charge in [0.15, 0.2) is 0 Å². The molecule has 0 radical (unpaired) electrons. The number of nitro groups is 1. The summed E-state index contributed by atoms with van der Waals surface area (Å²) >= 11 is 3.19. The first-order valence-corrected chi connectivity index (χ1v) is 4.01. The van der Waals surface area contributed by atoms with Crippen LogP contribution < -0.4 is 5.73 Å². The molecule has 12 heavy (non-hydrogen) atoms. The Bertz CT molecular complexity index is 315. The van der Waals surface area contributed by atoms with Crippen molar-refractivity contribution in [1.82, 2.24) is 0 Å². The van der Waals surface area contributed by atoms with E-state index in [2.05, 4.69) is 15.9 Å². The normalized spacial score (nSPS) is 9.83. The minimum atomic E-state index is -0.475. The van der Waals surface area contributed by atoms with E-state index >= 15 is 0 Å². The van der Waals surface area contributed by atoms with E-state index in [0.717, 1.165) is 4.47 Å². The van der Waals surface area contributed by atoms with Crippen LogP contribution in [0.25, 0.3) is 0 Å². The first-order valence-electron chi connectivity index (χ1n) is 3.22. The number of nitrogens with zero attached hydrogens (tertiary/aromatic N) is 1. The summed E-state index contributed by atoms with van der Waals surface area (Å²) in [5.74, 6) is 0. The summed E-state index contributed by atoms with van der Waals surface area (Å²) in [7, 11) is 0. The highest BCUT2D eigenvalue weighted by Gasteiger charge is 2.15. The molecule has 0 unspecified atom stereocenters. The van der Waals surface area contributed by atoms with Gasteiger partial charge in [0, 0.05) is 10.0 Å². The molecule has 0 aliphatic rings. The van der Waals surface area contributed by atoms with Crippen LogP contribution in [-0.4, -0.2) is 4.92 Å². The highest BCUT2D eigenvalue weighted by Crippen LogP contribution is 2.29. The Labute approximate surface area is 77.7 Å². The fraction of sp³-hybridized carbons (Fsp3) is 0.143. The van der Waals surface area contributed by atoms with Crippen LogP contribution in [0.15, 0.2) is 16.6 Å². The third kappa shape index (κ3) is 1.55.